The first kappa shape index (κ1) is 19.5. The molecule has 1 saturated heterocycles. The highest BCUT2D eigenvalue weighted by Crippen LogP contribution is 2.22. The van der Waals surface area contributed by atoms with Crippen molar-refractivity contribution in [1.29, 1.82) is 0 Å². The second-order valence-corrected chi connectivity index (χ2v) is 8.78. The van der Waals surface area contributed by atoms with E-state index in [9.17, 15) is 13.2 Å². The molecule has 1 N–H and O–H groups in total. The Hall–Kier alpha value is -2.22. The lowest BCUT2D eigenvalue weighted by atomic mass is 10.2. The fourth-order valence-electron chi connectivity index (χ4n) is 3.18. The van der Waals surface area contributed by atoms with Crippen molar-refractivity contribution < 1.29 is 13.2 Å². The smallest absolute Gasteiger partial charge is 0.243 e. The Morgan fingerprint density at radius 2 is 1.67 bits per heavy atom. The molecule has 0 unspecified atom stereocenters. The number of amides is 1. The van der Waals surface area contributed by atoms with E-state index in [-0.39, 0.29) is 17.3 Å². The normalized spacial score (nSPS) is 15.2. The molecule has 0 bridgehead atoms. The number of hydrogen-bond acceptors (Lipinski definition) is 4. The molecule has 2 aromatic rings. The number of rotatable bonds is 7. The number of sulfonamides is 1. The molecule has 1 amide bonds. The highest BCUT2D eigenvalue weighted by Gasteiger charge is 2.26. The molecule has 0 spiro atoms. The topological polar surface area (TPSA) is 69.7 Å². The Bertz CT molecular complexity index is 861. The quantitative estimate of drug-likeness (QED) is 0.793. The molecule has 0 radical (unpaired) electrons. The standard InChI is InChI=1S/C20H25N3O3S/c1-22(15-17-7-3-2-4-8-17)16-20(24)21-18-9-11-19(12-10-18)27(25,26)23-13-5-6-14-23/h2-4,7-12H,5-6,13-16H2,1H3,(H,21,24). The van der Waals surface area contributed by atoms with Gasteiger partial charge >= 0.3 is 0 Å². The van der Waals surface area contributed by atoms with Gasteiger partial charge < -0.3 is 5.32 Å². The molecule has 1 fully saturated rings. The molecule has 6 nitrogen and oxygen atoms in total. The lowest BCUT2D eigenvalue weighted by Gasteiger charge is -2.17. The molecule has 1 aliphatic heterocycles. The summed E-state index contributed by atoms with van der Waals surface area (Å²) in [6, 6.07) is 16.3. The highest BCUT2D eigenvalue weighted by molar-refractivity contribution is 7.89. The van der Waals surface area contributed by atoms with Crippen molar-refractivity contribution in [3.05, 3.63) is 60.2 Å². The van der Waals surface area contributed by atoms with Gasteiger partial charge in [0.05, 0.1) is 11.4 Å². The molecule has 27 heavy (non-hydrogen) atoms. The van der Waals surface area contributed by atoms with Gasteiger partial charge in [-0.15, -0.1) is 0 Å². The van der Waals surface area contributed by atoms with Gasteiger partial charge in [0.1, 0.15) is 0 Å². The largest absolute Gasteiger partial charge is 0.325 e. The molecule has 3 rings (SSSR count). The summed E-state index contributed by atoms with van der Waals surface area (Å²) in [6.45, 7) is 2.09. The van der Waals surface area contributed by atoms with Crippen molar-refractivity contribution >= 4 is 21.6 Å². The number of anilines is 1. The second-order valence-electron chi connectivity index (χ2n) is 6.84. The lowest BCUT2D eigenvalue weighted by Crippen LogP contribution is -2.30. The van der Waals surface area contributed by atoms with E-state index in [0.717, 1.165) is 18.4 Å². The maximum atomic E-state index is 12.5. The van der Waals surface area contributed by atoms with Gasteiger partial charge in [-0.05, 0) is 49.7 Å². The number of likely N-dealkylation sites (N-methyl/N-ethyl adjacent to an activating group) is 1. The second kappa shape index (κ2) is 8.65. The predicted molar refractivity (Wildman–Crippen MR) is 106 cm³/mol. The van der Waals surface area contributed by atoms with E-state index in [0.29, 0.717) is 25.3 Å². The summed E-state index contributed by atoms with van der Waals surface area (Å²) in [4.78, 5) is 14.4. The van der Waals surface area contributed by atoms with Gasteiger partial charge in [0.25, 0.3) is 0 Å². The molecule has 2 aromatic carbocycles. The predicted octanol–water partition coefficient (Wildman–Crippen LogP) is 2.54. The minimum absolute atomic E-state index is 0.136. The van der Waals surface area contributed by atoms with Gasteiger partial charge in [0.2, 0.25) is 15.9 Å². The highest BCUT2D eigenvalue weighted by atomic mass is 32.2. The first-order valence-corrected chi connectivity index (χ1v) is 10.5. The van der Waals surface area contributed by atoms with E-state index in [1.54, 1.807) is 24.3 Å². The molecular weight excluding hydrogens is 362 g/mol. The van der Waals surface area contributed by atoms with Crippen LogP contribution in [0.5, 0.6) is 0 Å². The molecule has 0 aromatic heterocycles. The van der Waals surface area contributed by atoms with Crippen molar-refractivity contribution in [2.75, 3.05) is 32.0 Å². The average molecular weight is 388 g/mol. The van der Waals surface area contributed by atoms with Gasteiger partial charge in [-0.25, -0.2) is 8.42 Å². The van der Waals surface area contributed by atoms with Crippen LogP contribution in [0.15, 0.2) is 59.5 Å². The lowest BCUT2D eigenvalue weighted by molar-refractivity contribution is -0.117. The molecule has 144 valence electrons. The summed E-state index contributed by atoms with van der Waals surface area (Å²) in [5.74, 6) is -0.136. The zero-order valence-corrected chi connectivity index (χ0v) is 16.3. The number of carbonyl (C=O) groups excluding carboxylic acids is 1. The third-order valence-electron chi connectivity index (χ3n) is 4.55. The zero-order valence-electron chi connectivity index (χ0n) is 15.5. The molecule has 0 saturated carbocycles. The number of hydrogen-bond donors (Lipinski definition) is 1. The summed E-state index contributed by atoms with van der Waals surface area (Å²) in [6.07, 6.45) is 1.81. The summed E-state index contributed by atoms with van der Waals surface area (Å²) < 4.78 is 26.6. The minimum Gasteiger partial charge on any atom is -0.325 e. The molecule has 1 heterocycles. The van der Waals surface area contributed by atoms with Crippen LogP contribution in [-0.2, 0) is 21.4 Å². The Labute approximate surface area is 160 Å². The summed E-state index contributed by atoms with van der Waals surface area (Å²) >= 11 is 0. The van der Waals surface area contributed by atoms with Crippen LogP contribution in [0, 0.1) is 0 Å². The third-order valence-corrected chi connectivity index (χ3v) is 6.46. The van der Waals surface area contributed by atoms with Crippen molar-refractivity contribution in [2.24, 2.45) is 0 Å². The molecular formula is C20H25N3O3S. The molecule has 7 heteroatoms. The van der Waals surface area contributed by atoms with Crippen molar-refractivity contribution in [3.63, 3.8) is 0 Å². The van der Waals surface area contributed by atoms with E-state index in [1.165, 1.54) is 4.31 Å². The van der Waals surface area contributed by atoms with Gasteiger partial charge in [0, 0.05) is 25.3 Å². The summed E-state index contributed by atoms with van der Waals surface area (Å²) in [7, 11) is -1.54. The molecule has 0 atom stereocenters. The van der Waals surface area contributed by atoms with Crippen LogP contribution in [0.3, 0.4) is 0 Å². The summed E-state index contributed by atoms with van der Waals surface area (Å²) in [5, 5.41) is 2.82. The first-order valence-electron chi connectivity index (χ1n) is 9.08. The van der Waals surface area contributed by atoms with Crippen molar-refractivity contribution in [3.8, 4) is 0 Å². The van der Waals surface area contributed by atoms with Crippen molar-refractivity contribution in [1.82, 2.24) is 9.21 Å². The number of carbonyl (C=O) groups is 1. The van der Waals surface area contributed by atoms with Gasteiger partial charge in [-0.3, -0.25) is 9.69 Å². The van der Waals surface area contributed by atoms with E-state index in [2.05, 4.69) is 5.32 Å². The monoisotopic (exact) mass is 387 g/mol. The van der Waals surface area contributed by atoms with E-state index in [4.69, 9.17) is 0 Å². The van der Waals surface area contributed by atoms with Crippen LogP contribution in [-0.4, -0.2) is 50.2 Å². The van der Waals surface area contributed by atoms with Crippen LogP contribution in [0.25, 0.3) is 0 Å². The maximum absolute atomic E-state index is 12.5. The van der Waals surface area contributed by atoms with Crippen LogP contribution in [0.2, 0.25) is 0 Å². The number of nitrogens with one attached hydrogen (secondary N) is 1. The van der Waals surface area contributed by atoms with E-state index < -0.39 is 10.0 Å². The maximum Gasteiger partial charge on any atom is 0.243 e. The minimum atomic E-state index is -3.43. The van der Waals surface area contributed by atoms with Gasteiger partial charge in [0.15, 0.2) is 0 Å². The SMILES string of the molecule is CN(CC(=O)Nc1ccc(S(=O)(=O)N2CCCC2)cc1)Cc1ccccc1. The fourth-order valence-corrected chi connectivity index (χ4v) is 4.70. The Kier molecular flexibility index (Phi) is 6.26. The zero-order chi connectivity index (χ0) is 19.3. The van der Waals surface area contributed by atoms with Gasteiger partial charge in [-0.1, -0.05) is 30.3 Å². The molecule has 0 aliphatic carbocycles. The van der Waals surface area contributed by atoms with Crippen LogP contribution < -0.4 is 5.32 Å². The number of nitrogens with zero attached hydrogens (tertiary/aromatic N) is 2. The summed E-state index contributed by atoms with van der Waals surface area (Å²) in [5.41, 5.74) is 1.73. The van der Waals surface area contributed by atoms with Crippen LogP contribution in [0.4, 0.5) is 5.69 Å². The Morgan fingerprint density at radius 1 is 1.04 bits per heavy atom. The Morgan fingerprint density at radius 3 is 2.30 bits per heavy atom. The van der Waals surface area contributed by atoms with Crippen LogP contribution in [0.1, 0.15) is 18.4 Å². The average Bonchev–Trinajstić information content (AvgIpc) is 3.18. The number of benzene rings is 2. The Balaban J connectivity index is 1.55. The fraction of sp³-hybridized carbons (Fsp3) is 0.350. The van der Waals surface area contributed by atoms with Crippen LogP contribution >= 0.6 is 0 Å². The van der Waals surface area contributed by atoms with E-state index in [1.807, 2.05) is 42.3 Å². The van der Waals surface area contributed by atoms with E-state index >= 15 is 0 Å². The third kappa shape index (κ3) is 5.15. The van der Waals surface area contributed by atoms with Gasteiger partial charge in [-0.2, -0.15) is 4.31 Å². The van der Waals surface area contributed by atoms with Crippen molar-refractivity contribution in [2.45, 2.75) is 24.3 Å². The first-order chi connectivity index (χ1) is 12.9. The molecule has 1 aliphatic rings.